The van der Waals surface area contributed by atoms with Crippen molar-refractivity contribution in [2.75, 3.05) is 6.26 Å². The summed E-state index contributed by atoms with van der Waals surface area (Å²) in [6.07, 6.45) is 1.10. The van der Waals surface area contributed by atoms with Crippen molar-refractivity contribution in [3.63, 3.8) is 0 Å². The van der Waals surface area contributed by atoms with Crippen LogP contribution in [-0.4, -0.2) is 26.2 Å². The normalized spacial score (nSPS) is 13.9. The minimum Gasteiger partial charge on any atom is -0.459 e. The Balaban J connectivity index is 3.01. The van der Waals surface area contributed by atoms with Gasteiger partial charge in [-0.05, 0) is 38.5 Å². The molecule has 1 aromatic rings. The number of carbonyl (C=O) groups is 1. The van der Waals surface area contributed by atoms with E-state index in [1.54, 1.807) is 32.9 Å². The third kappa shape index (κ3) is 4.84. The second kappa shape index (κ2) is 5.51. The lowest BCUT2D eigenvalue weighted by Crippen LogP contribution is -2.26. The third-order valence-electron chi connectivity index (χ3n) is 2.19. The molecule has 0 aliphatic carbocycles. The van der Waals surface area contributed by atoms with Gasteiger partial charge in [0.1, 0.15) is 5.60 Å². The Morgan fingerprint density at radius 1 is 1.32 bits per heavy atom. The molecular weight excluding hydrogens is 288 g/mol. The van der Waals surface area contributed by atoms with Crippen LogP contribution in [0.2, 0.25) is 0 Å². The van der Waals surface area contributed by atoms with Crippen LogP contribution in [0.4, 0.5) is 0 Å². The van der Waals surface area contributed by atoms with Crippen molar-refractivity contribution in [3.8, 4) is 0 Å². The zero-order chi connectivity index (χ0) is 14.8. The zero-order valence-electron chi connectivity index (χ0n) is 11.3. The first-order valence-corrected chi connectivity index (χ1v) is 8.00. The van der Waals surface area contributed by atoms with Gasteiger partial charge in [-0.25, -0.2) is 8.42 Å². The van der Waals surface area contributed by atoms with Crippen LogP contribution in [0.25, 0.3) is 0 Å². The molecule has 1 atom stereocenters. The number of esters is 1. The van der Waals surface area contributed by atoms with Crippen molar-refractivity contribution in [2.45, 2.75) is 36.6 Å². The summed E-state index contributed by atoms with van der Waals surface area (Å²) in [5, 5.41) is -1.03. The van der Waals surface area contributed by atoms with Crippen LogP contribution in [0.1, 0.15) is 31.7 Å². The minimum atomic E-state index is -3.33. The van der Waals surface area contributed by atoms with Crippen LogP contribution in [0, 0.1) is 0 Å². The topological polar surface area (TPSA) is 60.4 Å². The van der Waals surface area contributed by atoms with Gasteiger partial charge in [0.05, 0.1) is 4.90 Å². The van der Waals surface area contributed by atoms with Crippen LogP contribution >= 0.6 is 11.6 Å². The summed E-state index contributed by atoms with van der Waals surface area (Å²) in [5.74, 6) is -0.597. The first-order chi connectivity index (χ1) is 8.50. The molecule has 0 fully saturated rings. The fourth-order valence-corrected chi connectivity index (χ4v) is 2.25. The van der Waals surface area contributed by atoms with E-state index in [1.165, 1.54) is 12.1 Å². The summed E-state index contributed by atoms with van der Waals surface area (Å²) in [6, 6.07) is 5.98. The molecule has 0 saturated carbocycles. The summed E-state index contributed by atoms with van der Waals surface area (Å²) < 4.78 is 28.1. The van der Waals surface area contributed by atoms with Gasteiger partial charge in [0.15, 0.2) is 15.2 Å². The average Bonchev–Trinajstić information content (AvgIpc) is 2.24. The molecule has 0 N–H and O–H groups in total. The Labute approximate surface area is 118 Å². The molecular formula is C13H17ClO4S. The van der Waals surface area contributed by atoms with Crippen LogP contribution in [0.3, 0.4) is 0 Å². The van der Waals surface area contributed by atoms with Crippen molar-refractivity contribution in [1.82, 2.24) is 0 Å². The second-order valence-corrected chi connectivity index (χ2v) is 7.69. The van der Waals surface area contributed by atoms with Gasteiger partial charge in [0.2, 0.25) is 0 Å². The number of carbonyl (C=O) groups excluding carboxylic acids is 1. The van der Waals surface area contributed by atoms with Crippen LogP contribution < -0.4 is 0 Å². The lowest BCUT2D eigenvalue weighted by Gasteiger charge is -2.21. The number of alkyl halides is 1. The molecule has 0 bridgehead atoms. The highest BCUT2D eigenvalue weighted by molar-refractivity contribution is 7.90. The highest BCUT2D eigenvalue weighted by Crippen LogP contribution is 2.26. The van der Waals surface area contributed by atoms with E-state index in [-0.39, 0.29) is 4.90 Å². The van der Waals surface area contributed by atoms with Gasteiger partial charge in [-0.15, -0.1) is 11.6 Å². The Hall–Kier alpha value is -1.07. The number of rotatable bonds is 3. The maximum Gasteiger partial charge on any atom is 0.329 e. The Morgan fingerprint density at radius 3 is 2.37 bits per heavy atom. The molecule has 0 radical (unpaired) electrons. The Kier molecular flexibility index (Phi) is 4.63. The number of hydrogen-bond acceptors (Lipinski definition) is 4. The molecule has 0 aliphatic rings. The minimum absolute atomic E-state index is 0.124. The van der Waals surface area contributed by atoms with Gasteiger partial charge >= 0.3 is 5.97 Å². The van der Waals surface area contributed by atoms with Crippen molar-refractivity contribution >= 4 is 27.4 Å². The van der Waals surface area contributed by atoms with Gasteiger partial charge in [-0.1, -0.05) is 12.1 Å². The Morgan fingerprint density at radius 2 is 1.89 bits per heavy atom. The molecule has 1 rings (SSSR count). The molecule has 0 saturated heterocycles. The van der Waals surface area contributed by atoms with E-state index in [4.69, 9.17) is 16.3 Å². The number of hydrogen-bond donors (Lipinski definition) is 0. The van der Waals surface area contributed by atoms with E-state index < -0.39 is 26.8 Å². The summed E-state index contributed by atoms with van der Waals surface area (Å²) in [4.78, 5) is 11.9. The van der Waals surface area contributed by atoms with Crippen molar-refractivity contribution < 1.29 is 17.9 Å². The maximum absolute atomic E-state index is 11.8. The van der Waals surface area contributed by atoms with Gasteiger partial charge in [-0.3, -0.25) is 4.79 Å². The lowest BCUT2D eigenvalue weighted by atomic mass is 10.1. The molecule has 1 unspecified atom stereocenters. The molecule has 1 aromatic carbocycles. The molecule has 4 nitrogen and oxygen atoms in total. The highest BCUT2D eigenvalue weighted by atomic mass is 35.5. The fourth-order valence-electron chi connectivity index (χ4n) is 1.39. The average molecular weight is 305 g/mol. The smallest absolute Gasteiger partial charge is 0.329 e. The summed E-state index contributed by atoms with van der Waals surface area (Å²) in [5.41, 5.74) is -0.239. The van der Waals surface area contributed by atoms with Gasteiger partial charge < -0.3 is 4.74 Å². The van der Waals surface area contributed by atoms with E-state index >= 15 is 0 Å². The first-order valence-electron chi connectivity index (χ1n) is 5.68. The van der Waals surface area contributed by atoms with Crippen molar-refractivity contribution in [1.29, 1.82) is 0 Å². The molecule has 0 spiro atoms. The molecule has 6 heteroatoms. The van der Waals surface area contributed by atoms with Gasteiger partial charge in [0.25, 0.3) is 0 Å². The van der Waals surface area contributed by atoms with Gasteiger partial charge in [0, 0.05) is 6.26 Å². The van der Waals surface area contributed by atoms with E-state index in [2.05, 4.69) is 0 Å². The predicted octanol–water partition coefficient (Wildman–Crippen LogP) is 2.71. The van der Waals surface area contributed by atoms with Crippen molar-refractivity contribution in [3.05, 3.63) is 29.8 Å². The van der Waals surface area contributed by atoms with E-state index in [0.717, 1.165) is 6.26 Å². The molecule has 0 aliphatic heterocycles. The number of halogens is 1. The largest absolute Gasteiger partial charge is 0.459 e. The molecule has 106 valence electrons. The second-order valence-electron chi connectivity index (χ2n) is 5.24. The maximum atomic E-state index is 11.8. The van der Waals surface area contributed by atoms with Crippen LogP contribution in [0.15, 0.2) is 29.2 Å². The zero-order valence-corrected chi connectivity index (χ0v) is 12.9. The van der Waals surface area contributed by atoms with Crippen molar-refractivity contribution in [2.24, 2.45) is 0 Å². The summed E-state index contributed by atoms with van der Waals surface area (Å²) in [6.45, 7) is 5.21. The van der Waals surface area contributed by atoms with Gasteiger partial charge in [-0.2, -0.15) is 0 Å². The van der Waals surface area contributed by atoms with Crippen LogP contribution in [0.5, 0.6) is 0 Å². The molecule has 0 aromatic heterocycles. The van der Waals surface area contributed by atoms with Crippen LogP contribution in [-0.2, 0) is 19.4 Å². The van der Waals surface area contributed by atoms with E-state index in [9.17, 15) is 13.2 Å². The monoisotopic (exact) mass is 304 g/mol. The fraction of sp³-hybridized carbons (Fsp3) is 0.462. The lowest BCUT2D eigenvalue weighted by molar-refractivity contribution is -0.154. The van der Waals surface area contributed by atoms with E-state index in [1.807, 2.05) is 0 Å². The van der Waals surface area contributed by atoms with E-state index in [0.29, 0.717) is 5.56 Å². The SMILES string of the molecule is CC(C)(C)OC(=O)C(Cl)c1cccc(S(C)(=O)=O)c1. The Bertz CT molecular complexity index is 573. The summed E-state index contributed by atoms with van der Waals surface area (Å²) >= 11 is 6.02. The number of ether oxygens (including phenoxy) is 1. The standard InChI is InChI=1S/C13H17ClO4S/c1-13(2,3)18-12(15)11(14)9-6-5-7-10(8-9)19(4,16)17/h5-8,11H,1-4H3. The predicted molar refractivity (Wildman–Crippen MR) is 74.0 cm³/mol. The molecule has 19 heavy (non-hydrogen) atoms. The number of benzene rings is 1. The first kappa shape index (κ1) is 16.0. The number of sulfone groups is 1. The summed E-state index contributed by atoms with van der Waals surface area (Å²) in [7, 11) is -3.33. The molecule has 0 heterocycles. The third-order valence-corrected chi connectivity index (χ3v) is 3.73. The quantitative estimate of drug-likeness (QED) is 0.636. The highest BCUT2D eigenvalue weighted by Gasteiger charge is 2.25. The molecule has 0 amide bonds.